The minimum Gasteiger partial charge on any atom is -0.367 e. The molecule has 0 fully saturated rings. The molecular formula is C8H8N2O2. The third-order valence-corrected chi connectivity index (χ3v) is 1.76. The highest BCUT2D eigenvalue weighted by Gasteiger charge is 2.18. The SMILES string of the molecule is Cc1ncc2c(n1)COCC2=O. The molecule has 0 bridgehead atoms. The first-order chi connectivity index (χ1) is 5.77. The van der Waals surface area contributed by atoms with Gasteiger partial charge < -0.3 is 4.74 Å². The number of hydrogen-bond acceptors (Lipinski definition) is 4. The lowest BCUT2D eigenvalue weighted by molar-refractivity contribution is 0.0653. The van der Waals surface area contributed by atoms with E-state index in [9.17, 15) is 4.79 Å². The summed E-state index contributed by atoms with van der Waals surface area (Å²) in [7, 11) is 0. The standard InChI is InChI=1S/C8H8N2O2/c1-5-9-2-6-7(10-5)3-12-4-8(6)11/h2H,3-4H2,1H3. The number of Topliss-reactive ketones (excluding diaryl/α,β-unsaturated/α-hetero) is 1. The maximum atomic E-state index is 11.2. The van der Waals surface area contributed by atoms with Crippen molar-refractivity contribution >= 4 is 5.78 Å². The van der Waals surface area contributed by atoms with Gasteiger partial charge in [0.15, 0.2) is 5.78 Å². The van der Waals surface area contributed by atoms with E-state index in [2.05, 4.69) is 9.97 Å². The summed E-state index contributed by atoms with van der Waals surface area (Å²) in [6.45, 7) is 2.36. The molecule has 0 aliphatic carbocycles. The van der Waals surface area contributed by atoms with Gasteiger partial charge in [-0.1, -0.05) is 0 Å². The summed E-state index contributed by atoms with van der Waals surface area (Å²) in [5.41, 5.74) is 1.31. The van der Waals surface area contributed by atoms with E-state index in [-0.39, 0.29) is 12.4 Å². The number of carbonyl (C=O) groups is 1. The van der Waals surface area contributed by atoms with E-state index in [0.29, 0.717) is 23.7 Å². The maximum absolute atomic E-state index is 11.2. The normalized spacial score (nSPS) is 15.9. The number of hydrogen-bond donors (Lipinski definition) is 0. The van der Waals surface area contributed by atoms with Crippen LogP contribution < -0.4 is 0 Å². The average molecular weight is 164 g/mol. The smallest absolute Gasteiger partial charge is 0.191 e. The number of ketones is 1. The summed E-state index contributed by atoms with van der Waals surface area (Å²) in [4.78, 5) is 19.3. The minimum atomic E-state index is -0.0312. The first-order valence-electron chi connectivity index (χ1n) is 3.71. The Hall–Kier alpha value is -1.29. The van der Waals surface area contributed by atoms with Gasteiger partial charge in [0, 0.05) is 6.20 Å². The summed E-state index contributed by atoms with van der Waals surface area (Å²) in [6, 6.07) is 0. The van der Waals surface area contributed by atoms with Crippen LogP contribution >= 0.6 is 0 Å². The quantitative estimate of drug-likeness (QED) is 0.560. The first kappa shape index (κ1) is 7.36. The molecule has 0 atom stereocenters. The second kappa shape index (κ2) is 2.64. The lowest BCUT2D eigenvalue weighted by atomic mass is 10.1. The Morgan fingerprint density at radius 1 is 1.50 bits per heavy atom. The molecule has 1 aliphatic rings. The molecule has 12 heavy (non-hydrogen) atoms. The van der Waals surface area contributed by atoms with E-state index in [1.54, 1.807) is 13.1 Å². The van der Waals surface area contributed by atoms with Gasteiger partial charge in [0.25, 0.3) is 0 Å². The summed E-state index contributed by atoms with van der Waals surface area (Å²) < 4.78 is 5.02. The van der Waals surface area contributed by atoms with Crippen LogP contribution in [-0.2, 0) is 11.3 Å². The number of carbonyl (C=O) groups excluding carboxylic acids is 1. The van der Waals surface area contributed by atoms with Crippen molar-refractivity contribution in [3.63, 3.8) is 0 Å². The molecule has 1 aliphatic heterocycles. The molecular weight excluding hydrogens is 156 g/mol. The summed E-state index contributed by atoms with van der Waals surface area (Å²) >= 11 is 0. The number of rotatable bonds is 0. The van der Waals surface area contributed by atoms with Gasteiger partial charge in [-0.3, -0.25) is 4.79 Å². The molecule has 0 spiro atoms. The van der Waals surface area contributed by atoms with Gasteiger partial charge >= 0.3 is 0 Å². The van der Waals surface area contributed by atoms with Crippen LogP contribution in [0.4, 0.5) is 0 Å². The summed E-state index contributed by atoms with van der Waals surface area (Å²) in [5.74, 6) is 0.642. The van der Waals surface area contributed by atoms with Crippen LogP contribution in [0.1, 0.15) is 21.9 Å². The minimum absolute atomic E-state index is 0.0312. The van der Waals surface area contributed by atoms with E-state index in [1.165, 1.54) is 0 Å². The molecule has 0 saturated carbocycles. The fourth-order valence-electron chi connectivity index (χ4n) is 1.18. The van der Waals surface area contributed by atoms with Gasteiger partial charge in [0.2, 0.25) is 0 Å². The topological polar surface area (TPSA) is 52.1 Å². The Labute approximate surface area is 69.6 Å². The predicted octanol–water partition coefficient (Wildman–Crippen LogP) is 0.498. The molecule has 62 valence electrons. The van der Waals surface area contributed by atoms with E-state index in [1.807, 2.05) is 0 Å². The monoisotopic (exact) mass is 164 g/mol. The van der Waals surface area contributed by atoms with Crippen molar-refractivity contribution in [2.75, 3.05) is 6.61 Å². The Morgan fingerprint density at radius 2 is 2.33 bits per heavy atom. The van der Waals surface area contributed by atoms with E-state index >= 15 is 0 Å². The van der Waals surface area contributed by atoms with E-state index < -0.39 is 0 Å². The number of nitrogens with zero attached hydrogens (tertiary/aromatic N) is 2. The maximum Gasteiger partial charge on any atom is 0.191 e. The van der Waals surface area contributed by atoms with E-state index in [4.69, 9.17) is 4.74 Å². The molecule has 4 nitrogen and oxygen atoms in total. The Kier molecular flexibility index (Phi) is 1.62. The highest BCUT2D eigenvalue weighted by atomic mass is 16.5. The van der Waals surface area contributed by atoms with Gasteiger partial charge in [-0.25, -0.2) is 9.97 Å². The Bertz CT molecular complexity index is 336. The van der Waals surface area contributed by atoms with Crippen molar-refractivity contribution in [2.24, 2.45) is 0 Å². The van der Waals surface area contributed by atoms with Gasteiger partial charge in [0.1, 0.15) is 12.4 Å². The molecule has 1 aromatic heterocycles. The van der Waals surface area contributed by atoms with Crippen molar-refractivity contribution in [1.29, 1.82) is 0 Å². The number of fused-ring (bicyclic) bond motifs is 1. The zero-order chi connectivity index (χ0) is 8.55. The molecule has 0 aromatic carbocycles. The predicted molar refractivity (Wildman–Crippen MR) is 40.8 cm³/mol. The third kappa shape index (κ3) is 1.10. The number of aryl methyl sites for hydroxylation is 1. The lowest BCUT2D eigenvalue weighted by Gasteiger charge is -2.13. The van der Waals surface area contributed by atoms with Crippen molar-refractivity contribution in [3.05, 3.63) is 23.3 Å². The Balaban J connectivity index is 2.53. The average Bonchev–Trinajstić information content (AvgIpc) is 2.04. The fraction of sp³-hybridized carbons (Fsp3) is 0.375. The van der Waals surface area contributed by atoms with Crippen LogP contribution in [0.25, 0.3) is 0 Å². The molecule has 0 N–H and O–H groups in total. The van der Waals surface area contributed by atoms with Gasteiger partial charge in [-0.05, 0) is 6.92 Å². The first-order valence-corrected chi connectivity index (χ1v) is 3.71. The number of aromatic nitrogens is 2. The lowest BCUT2D eigenvalue weighted by Crippen LogP contribution is -2.20. The molecule has 2 heterocycles. The van der Waals surface area contributed by atoms with Gasteiger partial charge in [-0.2, -0.15) is 0 Å². The van der Waals surface area contributed by atoms with E-state index in [0.717, 1.165) is 0 Å². The second-order valence-corrected chi connectivity index (χ2v) is 2.69. The van der Waals surface area contributed by atoms with Gasteiger partial charge in [-0.15, -0.1) is 0 Å². The Morgan fingerprint density at radius 3 is 3.17 bits per heavy atom. The van der Waals surface area contributed by atoms with Crippen LogP contribution in [0.3, 0.4) is 0 Å². The van der Waals surface area contributed by atoms with Crippen molar-refractivity contribution in [1.82, 2.24) is 9.97 Å². The highest BCUT2D eigenvalue weighted by molar-refractivity contribution is 5.98. The zero-order valence-electron chi connectivity index (χ0n) is 6.70. The van der Waals surface area contributed by atoms with Crippen molar-refractivity contribution in [2.45, 2.75) is 13.5 Å². The summed E-state index contributed by atoms with van der Waals surface area (Å²) in [6.07, 6.45) is 1.57. The molecule has 0 unspecified atom stereocenters. The number of ether oxygens (including phenoxy) is 1. The fourth-order valence-corrected chi connectivity index (χ4v) is 1.18. The molecule has 0 radical (unpaired) electrons. The second-order valence-electron chi connectivity index (χ2n) is 2.69. The van der Waals surface area contributed by atoms with Crippen LogP contribution in [-0.4, -0.2) is 22.4 Å². The zero-order valence-corrected chi connectivity index (χ0v) is 6.70. The van der Waals surface area contributed by atoms with Crippen molar-refractivity contribution in [3.8, 4) is 0 Å². The highest BCUT2D eigenvalue weighted by Crippen LogP contribution is 2.12. The third-order valence-electron chi connectivity index (χ3n) is 1.76. The van der Waals surface area contributed by atoms with Gasteiger partial charge in [0.05, 0.1) is 17.9 Å². The van der Waals surface area contributed by atoms with Crippen LogP contribution in [0.15, 0.2) is 6.20 Å². The van der Waals surface area contributed by atoms with Crippen LogP contribution in [0, 0.1) is 6.92 Å². The molecule has 1 aromatic rings. The largest absolute Gasteiger partial charge is 0.367 e. The summed E-state index contributed by atoms with van der Waals surface area (Å²) in [5, 5.41) is 0. The molecule has 0 saturated heterocycles. The molecule has 4 heteroatoms. The van der Waals surface area contributed by atoms with Crippen LogP contribution in [0.5, 0.6) is 0 Å². The van der Waals surface area contributed by atoms with Crippen molar-refractivity contribution < 1.29 is 9.53 Å². The van der Waals surface area contributed by atoms with Crippen LogP contribution in [0.2, 0.25) is 0 Å². The molecule has 0 amide bonds. The molecule has 2 rings (SSSR count).